The molecule has 1 rings (SSSR count). The van der Waals surface area contributed by atoms with E-state index in [0.717, 1.165) is 0 Å². The van der Waals surface area contributed by atoms with E-state index in [1.54, 1.807) is 0 Å². The third kappa shape index (κ3) is 38.9. The van der Waals surface area contributed by atoms with Crippen molar-refractivity contribution in [2.45, 2.75) is 0 Å². The molecule has 74 valence electrons. The lowest BCUT2D eigenvalue weighted by Gasteiger charge is -1.69. The predicted molar refractivity (Wildman–Crippen MR) is 47.2 cm³/mol. The van der Waals surface area contributed by atoms with E-state index in [-0.39, 0.29) is 17.8 Å². The van der Waals surface area contributed by atoms with Crippen LogP contribution in [0.5, 0.6) is 0 Å². The summed E-state index contributed by atoms with van der Waals surface area (Å²) >= 11 is 0. The maximum atomic E-state index is 8.12. The number of hydrogen-bond donors (Lipinski definition) is 1. The van der Waals surface area contributed by atoms with E-state index >= 15 is 0 Å². The Morgan fingerprint density at radius 1 is 0.769 bits per heavy atom. The number of benzene rings is 1. The lowest BCUT2D eigenvalue weighted by Crippen LogP contribution is -1.47. The van der Waals surface area contributed by atoms with Gasteiger partial charge in [-0.2, -0.15) is 9.59 Å². The topological polar surface area (TPSA) is 118 Å². The van der Waals surface area contributed by atoms with Crippen molar-refractivity contribution in [3.05, 3.63) is 36.4 Å². The molecule has 0 aromatic heterocycles. The maximum absolute atomic E-state index is 8.12. The Morgan fingerprint density at radius 3 is 0.923 bits per heavy atom. The summed E-state index contributed by atoms with van der Waals surface area (Å²) in [5, 5.41) is 0. The summed E-state index contributed by atoms with van der Waals surface area (Å²) in [6, 6.07) is 12.0. The van der Waals surface area contributed by atoms with Gasteiger partial charge in [0.1, 0.15) is 6.79 Å². The SMILES string of the molecule is C=O.N.O.O=C=O.c1ccccc1. The fourth-order valence-electron chi connectivity index (χ4n) is 0.385. The molecule has 5 nitrogen and oxygen atoms in total. The molecule has 0 aliphatic rings. The van der Waals surface area contributed by atoms with Gasteiger partial charge in [0, 0.05) is 0 Å². The molecule has 0 amide bonds. The first kappa shape index (κ1) is 22.5. The van der Waals surface area contributed by atoms with Gasteiger partial charge in [0.2, 0.25) is 0 Å². The number of rotatable bonds is 0. The minimum absolute atomic E-state index is 0. The van der Waals surface area contributed by atoms with E-state index in [2.05, 4.69) is 0 Å². The summed E-state index contributed by atoms with van der Waals surface area (Å²) in [6.45, 7) is 2.00. The standard InChI is InChI=1S/C6H6.CO2.CH2O.H3N.H2O/c1-2-4-6-5-3-1;2-1-3;1-2;;/h1-6H;;1H2;1H3;1H2. The molecule has 0 unspecified atom stereocenters. The fraction of sp³-hybridized carbons (Fsp3) is 0. The van der Waals surface area contributed by atoms with Crippen LogP contribution in [0.4, 0.5) is 0 Å². The average Bonchev–Trinajstić information content (AvgIpc) is 2.12. The molecule has 0 saturated carbocycles. The van der Waals surface area contributed by atoms with Gasteiger partial charge in [-0.1, -0.05) is 36.4 Å². The van der Waals surface area contributed by atoms with Crippen LogP contribution in [0.3, 0.4) is 0 Å². The first-order valence-electron chi connectivity index (χ1n) is 2.70. The molecule has 0 bridgehead atoms. The summed E-state index contributed by atoms with van der Waals surface area (Å²) in [5.74, 6) is 0. The molecule has 0 fully saturated rings. The Bertz CT molecular complexity index is 158. The maximum Gasteiger partial charge on any atom is 0.373 e. The molecule has 0 saturated heterocycles. The van der Waals surface area contributed by atoms with Gasteiger partial charge in [-0.3, -0.25) is 0 Å². The van der Waals surface area contributed by atoms with Gasteiger partial charge < -0.3 is 16.4 Å². The Hall–Kier alpha value is -1.81. The van der Waals surface area contributed by atoms with E-state index in [1.807, 2.05) is 43.2 Å². The van der Waals surface area contributed by atoms with Gasteiger partial charge >= 0.3 is 6.15 Å². The van der Waals surface area contributed by atoms with Crippen LogP contribution in [0, 0.1) is 0 Å². The highest BCUT2D eigenvalue weighted by molar-refractivity contribution is 5.20. The van der Waals surface area contributed by atoms with Crippen LogP contribution in [0.1, 0.15) is 0 Å². The summed E-state index contributed by atoms with van der Waals surface area (Å²) in [5.41, 5.74) is 0. The second-order valence-corrected chi connectivity index (χ2v) is 1.24. The van der Waals surface area contributed by atoms with Crippen molar-refractivity contribution in [3.8, 4) is 0 Å². The minimum Gasteiger partial charge on any atom is -0.412 e. The highest BCUT2D eigenvalue weighted by atomic mass is 16.2. The Balaban J connectivity index is -0.0000000517. The molecule has 1 aromatic rings. The molecule has 0 aliphatic heterocycles. The molecule has 5 N–H and O–H groups in total. The van der Waals surface area contributed by atoms with Crippen LogP contribution in [0.25, 0.3) is 0 Å². The second-order valence-electron chi connectivity index (χ2n) is 1.24. The number of carbonyl (C=O) groups is 1. The summed E-state index contributed by atoms with van der Waals surface area (Å²) in [4.78, 5) is 24.2. The second kappa shape index (κ2) is 31.9. The van der Waals surface area contributed by atoms with Crippen molar-refractivity contribution in [1.82, 2.24) is 6.15 Å². The molecule has 0 atom stereocenters. The van der Waals surface area contributed by atoms with Crippen LogP contribution in [0.15, 0.2) is 36.4 Å². The predicted octanol–water partition coefficient (Wildman–Crippen LogP) is 0.255. The van der Waals surface area contributed by atoms with Crippen LogP contribution in [-0.4, -0.2) is 18.4 Å². The lowest BCUT2D eigenvalue weighted by atomic mass is 10.4. The Labute approximate surface area is 76.3 Å². The first-order valence-corrected chi connectivity index (χ1v) is 2.70. The van der Waals surface area contributed by atoms with Crippen molar-refractivity contribution in [2.75, 3.05) is 0 Å². The minimum atomic E-state index is 0. The van der Waals surface area contributed by atoms with Crippen molar-refractivity contribution >= 4 is 12.9 Å². The zero-order chi connectivity index (χ0) is 8.95. The van der Waals surface area contributed by atoms with Gasteiger partial charge in [0.15, 0.2) is 0 Å². The van der Waals surface area contributed by atoms with E-state index < -0.39 is 0 Å². The molecular weight excluding hydrogens is 174 g/mol. The van der Waals surface area contributed by atoms with Gasteiger partial charge in [0.25, 0.3) is 0 Å². The quantitative estimate of drug-likeness (QED) is 0.626. The molecule has 5 heteroatoms. The van der Waals surface area contributed by atoms with E-state index in [4.69, 9.17) is 14.4 Å². The summed E-state index contributed by atoms with van der Waals surface area (Å²) < 4.78 is 0. The van der Waals surface area contributed by atoms with Crippen LogP contribution >= 0.6 is 0 Å². The zero-order valence-corrected chi connectivity index (χ0v) is 7.10. The number of carbonyl (C=O) groups excluding carboxylic acids is 3. The largest absolute Gasteiger partial charge is 0.412 e. The fourth-order valence-corrected chi connectivity index (χ4v) is 0.385. The zero-order valence-electron chi connectivity index (χ0n) is 7.10. The Kier molecular flexibility index (Phi) is 55.2. The van der Waals surface area contributed by atoms with Crippen LogP contribution in [-0.2, 0) is 14.4 Å². The molecule has 1 aromatic carbocycles. The van der Waals surface area contributed by atoms with Gasteiger partial charge in [-0.15, -0.1) is 0 Å². The monoisotopic (exact) mass is 187 g/mol. The molecular formula is C8H13NO4. The Morgan fingerprint density at radius 2 is 0.846 bits per heavy atom. The highest BCUT2D eigenvalue weighted by Gasteiger charge is 1.57. The van der Waals surface area contributed by atoms with Crippen molar-refractivity contribution in [2.24, 2.45) is 0 Å². The smallest absolute Gasteiger partial charge is 0.373 e. The van der Waals surface area contributed by atoms with Crippen molar-refractivity contribution in [3.63, 3.8) is 0 Å². The van der Waals surface area contributed by atoms with Crippen molar-refractivity contribution < 1.29 is 19.9 Å². The third-order valence-corrected chi connectivity index (χ3v) is 0.667. The normalized spacial score (nSPS) is 4.62. The van der Waals surface area contributed by atoms with E-state index in [1.165, 1.54) is 0 Å². The van der Waals surface area contributed by atoms with Crippen LogP contribution < -0.4 is 6.15 Å². The molecule has 0 aliphatic carbocycles. The summed E-state index contributed by atoms with van der Waals surface area (Å²) in [7, 11) is 0. The first-order chi connectivity index (χ1) is 5.41. The molecule has 13 heavy (non-hydrogen) atoms. The van der Waals surface area contributed by atoms with E-state index in [0.29, 0.717) is 0 Å². The highest BCUT2D eigenvalue weighted by Crippen LogP contribution is 1.79. The van der Waals surface area contributed by atoms with E-state index in [9.17, 15) is 0 Å². The van der Waals surface area contributed by atoms with Gasteiger partial charge in [0.05, 0.1) is 0 Å². The van der Waals surface area contributed by atoms with Crippen LogP contribution in [0.2, 0.25) is 0 Å². The molecule has 0 radical (unpaired) electrons. The molecule has 0 heterocycles. The third-order valence-electron chi connectivity index (χ3n) is 0.667. The molecule has 0 spiro atoms. The number of hydrogen-bond acceptors (Lipinski definition) is 4. The van der Waals surface area contributed by atoms with Gasteiger partial charge in [-0.25, -0.2) is 0 Å². The lowest BCUT2D eigenvalue weighted by molar-refractivity contribution is -0.191. The summed E-state index contributed by atoms with van der Waals surface area (Å²) in [6.07, 6.45) is 0.250. The van der Waals surface area contributed by atoms with Crippen molar-refractivity contribution in [1.29, 1.82) is 0 Å². The van der Waals surface area contributed by atoms with Gasteiger partial charge in [-0.05, 0) is 0 Å². The average molecular weight is 187 g/mol.